The maximum absolute atomic E-state index is 8.81. The second-order valence-corrected chi connectivity index (χ2v) is 4.20. The number of aromatic nitrogens is 1. The van der Waals surface area contributed by atoms with Gasteiger partial charge in [-0.15, -0.1) is 0 Å². The first-order valence-corrected chi connectivity index (χ1v) is 6.74. The highest BCUT2D eigenvalue weighted by Gasteiger charge is 2.05. The van der Waals surface area contributed by atoms with Crippen LogP contribution in [0.3, 0.4) is 0 Å². The van der Waals surface area contributed by atoms with Gasteiger partial charge in [-0.05, 0) is 58.5 Å². The zero-order valence-corrected chi connectivity index (χ0v) is 11.9. The molecule has 1 aliphatic rings. The summed E-state index contributed by atoms with van der Waals surface area (Å²) in [5, 5.41) is 0. The minimum atomic E-state index is 0.750. The fourth-order valence-corrected chi connectivity index (χ4v) is 1.72. The van der Waals surface area contributed by atoms with Gasteiger partial charge in [0.05, 0.1) is 0 Å². The average Bonchev–Trinajstić information content (AvgIpc) is 2.42. The van der Waals surface area contributed by atoms with Crippen LogP contribution < -0.4 is 0 Å². The highest BCUT2D eigenvalue weighted by Crippen LogP contribution is 2.06. The Balaban J connectivity index is 0.000000267. The van der Waals surface area contributed by atoms with E-state index in [-0.39, 0.29) is 0 Å². The average molecular weight is 250 g/mol. The van der Waals surface area contributed by atoms with E-state index in [1.807, 2.05) is 25.1 Å². The van der Waals surface area contributed by atoms with Crippen LogP contribution in [0, 0.1) is 6.92 Å². The number of rotatable bonds is 1. The maximum atomic E-state index is 8.81. The smallest absolute Gasteiger partial charge is 0.116 e. The highest BCUT2D eigenvalue weighted by atomic mass is 16.1. The molecule has 0 spiro atoms. The largest absolute Gasteiger partial charge is 0.304 e. The number of piperidine rings is 1. The summed E-state index contributed by atoms with van der Waals surface area (Å²) in [6.45, 7) is 9.60. The Morgan fingerprint density at radius 1 is 1.28 bits per heavy atom. The molecule has 0 bridgehead atoms. The standard InChI is InChI=1S/C7H15N.C6H7N.C2H4O/c1-2-8-6-4-3-5-7-8;1-6-4-2-3-5-7-6;1-2-3/h2-7H2,1H3;2-5H,1H3;2H,1H3. The van der Waals surface area contributed by atoms with Crippen LogP contribution in [0.2, 0.25) is 0 Å². The summed E-state index contributed by atoms with van der Waals surface area (Å²) in [5.74, 6) is 0. The van der Waals surface area contributed by atoms with E-state index in [0.29, 0.717) is 0 Å². The van der Waals surface area contributed by atoms with Gasteiger partial charge in [-0.25, -0.2) is 0 Å². The van der Waals surface area contributed by atoms with Gasteiger partial charge in [0.1, 0.15) is 6.29 Å². The Kier molecular flexibility index (Phi) is 11.4. The molecule has 0 aliphatic carbocycles. The Morgan fingerprint density at radius 3 is 2.17 bits per heavy atom. The van der Waals surface area contributed by atoms with E-state index in [1.54, 1.807) is 6.20 Å². The van der Waals surface area contributed by atoms with Crippen LogP contribution in [0.4, 0.5) is 0 Å². The minimum Gasteiger partial charge on any atom is -0.304 e. The predicted octanol–water partition coefficient (Wildman–Crippen LogP) is 3.09. The minimum absolute atomic E-state index is 0.750. The van der Waals surface area contributed by atoms with Crippen molar-refractivity contribution in [2.75, 3.05) is 19.6 Å². The third-order valence-corrected chi connectivity index (χ3v) is 2.71. The van der Waals surface area contributed by atoms with E-state index in [1.165, 1.54) is 45.8 Å². The van der Waals surface area contributed by atoms with Gasteiger partial charge in [0.15, 0.2) is 0 Å². The van der Waals surface area contributed by atoms with Crippen LogP contribution >= 0.6 is 0 Å². The molecule has 1 saturated heterocycles. The van der Waals surface area contributed by atoms with E-state index in [2.05, 4.69) is 16.8 Å². The number of hydrogen-bond acceptors (Lipinski definition) is 3. The molecular formula is C15H26N2O. The summed E-state index contributed by atoms with van der Waals surface area (Å²) in [7, 11) is 0. The second kappa shape index (κ2) is 12.2. The lowest BCUT2D eigenvalue weighted by atomic mass is 10.1. The maximum Gasteiger partial charge on any atom is 0.116 e. The molecule has 2 rings (SSSR count). The Hall–Kier alpha value is -1.22. The van der Waals surface area contributed by atoms with Crippen molar-refractivity contribution < 1.29 is 4.79 Å². The third-order valence-electron chi connectivity index (χ3n) is 2.71. The van der Waals surface area contributed by atoms with Crippen LogP contribution in [0.25, 0.3) is 0 Å². The molecule has 3 nitrogen and oxygen atoms in total. The number of nitrogens with zero attached hydrogens (tertiary/aromatic N) is 2. The number of carbonyl (C=O) groups is 1. The van der Waals surface area contributed by atoms with Gasteiger partial charge in [-0.1, -0.05) is 19.4 Å². The number of likely N-dealkylation sites (tertiary alicyclic amines) is 1. The topological polar surface area (TPSA) is 33.2 Å². The van der Waals surface area contributed by atoms with E-state index < -0.39 is 0 Å². The number of pyridine rings is 1. The van der Waals surface area contributed by atoms with E-state index in [0.717, 1.165) is 12.0 Å². The molecule has 0 saturated carbocycles. The third kappa shape index (κ3) is 9.97. The molecule has 3 heteroatoms. The number of aryl methyl sites for hydroxylation is 1. The molecule has 1 fully saturated rings. The lowest BCUT2D eigenvalue weighted by molar-refractivity contribution is -0.106. The first kappa shape index (κ1) is 16.8. The molecule has 0 atom stereocenters. The summed E-state index contributed by atoms with van der Waals surface area (Å²) >= 11 is 0. The van der Waals surface area contributed by atoms with Crippen molar-refractivity contribution in [1.82, 2.24) is 9.88 Å². The van der Waals surface area contributed by atoms with Crippen molar-refractivity contribution in [2.24, 2.45) is 0 Å². The number of carbonyl (C=O) groups excluding carboxylic acids is 1. The van der Waals surface area contributed by atoms with Crippen molar-refractivity contribution in [2.45, 2.75) is 40.0 Å². The van der Waals surface area contributed by atoms with Crippen molar-refractivity contribution in [3.8, 4) is 0 Å². The van der Waals surface area contributed by atoms with Crippen molar-refractivity contribution in [3.63, 3.8) is 0 Å². The van der Waals surface area contributed by atoms with E-state index in [4.69, 9.17) is 4.79 Å². The van der Waals surface area contributed by atoms with Gasteiger partial charge in [0.2, 0.25) is 0 Å². The van der Waals surface area contributed by atoms with Gasteiger partial charge in [-0.3, -0.25) is 4.98 Å². The van der Waals surface area contributed by atoms with Crippen molar-refractivity contribution >= 4 is 6.29 Å². The molecule has 1 aromatic heterocycles. The fourth-order valence-electron chi connectivity index (χ4n) is 1.72. The molecular weight excluding hydrogens is 224 g/mol. The van der Waals surface area contributed by atoms with E-state index >= 15 is 0 Å². The Morgan fingerprint density at radius 2 is 1.89 bits per heavy atom. The molecule has 102 valence electrons. The number of aldehydes is 1. The van der Waals surface area contributed by atoms with Gasteiger partial charge in [0.25, 0.3) is 0 Å². The van der Waals surface area contributed by atoms with Gasteiger partial charge in [0, 0.05) is 11.9 Å². The van der Waals surface area contributed by atoms with E-state index in [9.17, 15) is 0 Å². The molecule has 0 amide bonds. The normalized spacial score (nSPS) is 14.6. The summed E-state index contributed by atoms with van der Waals surface area (Å²) < 4.78 is 0. The Bertz CT molecular complexity index is 282. The SMILES string of the molecule is CC=O.CCN1CCCCC1.Cc1ccccn1. The van der Waals surface area contributed by atoms with Crippen LogP contribution in [0.5, 0.6) is 0 Å². The van der Waals surface area contributed by atoms with Crippen LogP contribution in [0.1, 0.15) is 38.8 Å². The zero-order chi connectivity index (χ0) is 13.6. The highest BCUT2D eigenvalue weighted by molar-refractivity contribution is 5.44. The number of hydrogen-bond donors (Lipinski definition) is 0. The summed E-state index contributed by atoms with van der Waals surface area (Å²) in [4.78, 5) is 15.3. The zero-order valence-electron chi connectivity index (χ0n) is 11.9. The fraction of sp³-hybridized carbons (Fsp3) is 0.600. The summed E-state index contributed by atoms with van der Waals surface area (Å²) in [6.07, 6.45) is 6.84. The summed E-state index contributed by atoms with van der Waals surface area (Å²) in [6, 6.07) is 5.86. The van der Waals surface area contributed by atoms with Gasteiger partial charge < -0.3 is 9.69 Å². The molecule has 1 aromatic rings. The predicted molar refractivity (Wildman–Crippen MR) is 76.7 cm³/mol. The molecule has 0 radical (unpaired) electrons. The molecule has 0 N–H and O–H groups in total. The van der Waals surface area contributed by atoms with Gasteiger partial charge >= 0.3 is 0 Å². The van der Waals surface area contributed by atoms with Crippen LogP contribution in [-0.2, 0) is 4.79 Å². The van der Waals surface area contributed by atoms with Crippen molar-refractivity contribution in [1.29, 1.82) is 0 Å². The molecule has 0 aromatic carbocycles. The molecule has 1 aliphatic heterocycles. The quantitative estimate of drug-likeness (QED) is 0.718. The van der Waals surface area contributed by atoms with Crippen molar-refractivity contribution in [3.05, 3.63) is 30.1 Å². The van der Waals surface area contributed by atoms with Gasteiger partial charge in [-0.2, -0.15) is 0 Å². The molecule has 2 heterocycles. The lowest BCUT2D eigenvalue weighted by Crippen LogP contribution is -2.29. The second-order valence-electron chi connectivity index (χ2n) is 4.20. The summed E-state index contributed by atoms with van der Waals surface area (Å²) in [5.41, 5.74) is 1.07. The first-order valence-electron chi connectivity index (χ1n) is 6.74. The van der Waals surface area contributed by atoms with Crippen LogP contribution in [-0.4, -0.2) is 35.8 Å². The van der Waals surface area contributed by atoms with Crippen LogP contribution in [0.15, 0.2) is 24.4 Å². The Labute approximate surface area is 111 Å². The molecule has 18 heavy (non-hydrogen) atoms. The molecule has 0 unspecified atom stereocenters. The lowest BCUT2D eigenvalue weighted by Gasteiger charge is -2.24. The first-order chi connectivity index (χ1) is 8.74. The monoisotopic (exact) mass is 250 g/mol.